The second-order valence-electron chi connectivity index (χ2n) is 3.39. The second kappa shape index (κ2) is 4.47. The number of hydrogen-bond donors (Lipinski definition) is 3. The fourth-order valence-corrected chi connectivity index (χ4v) is 1.58. The van der Waals surface area contributed by atoms with E-state index in [0.717, 1.165) is 37.2 Å². The number of morpholine rings is 1. The van der Waals surface area contributed by atoms with Crippen LogP contribution in [0.25, 0.3) is 0 Å². The van der Waals surface area contributed by atoms with Gasteiger partial charge < -0.3 is 15.0 Å². The summed E-state index contributed by atoms with van der Waals surface area (Å²) >= 11 is 0. The summed E-state index contributed by atoms with van der Waals surface area (Å²) in [6.07, 6.45) is 1.84. The molecule has 0 aromatic carbocycles. The molecule has 15 heavy (non-hydrogen) atoms. The lowest BCUT2D eigenvalue weighted by Crippen LogP contribution is -2.47. The number of amidine groups is 1. The maximum absolute atomic E-state index is 5.42. The molecular weight excluding hydrogens is 196 g/mol. The van der Waals surface area contributed by atoms with E-state index in [0.29, 0.717) is 12.5 Å². The van der Waals surface area contributed by atoms with E-state index in [-0.39, 0.29) is 0 Å². The minimum absolute atomic E-state index is 0.503. The summed E-state index contributed by atoms with van der Waals surface area (Å²) in [4.78, 5) is 6.32. The van der Waals surface area contributed by atoms with Crippen LogP contribution in [0.4, 0.5) is 0 Å². The summed E-state index contributed by atoms with van der Waals surface area (Å²) in [7, 11) is 0. The number of rotatable bonds is 1. The quantitative estimate of drug-likeness (QED) is 0.350. The van der Waals surface area contributed by atoms with Gasteiger partial charge in [-0.15, -0.1) is 0 Å². The van der Waals surface area contributed by atoms with E-state index in [1.165, 1.54) is 0 Å². The van der Waals surface area contributed by atoms with E-state index in [1.54, 1.807) is 0 Å². The molecule has 7 nitrogen and oxygen atoms in total. The van der Waals surface area contributed by atoms with E-state index in [4.69, 9.17) is 16.4 Å². The third-order valence-corrected chi connectivity index (χ3v) is 2.38. The summed E-state index contributed by atoms with van der Waals surface area (Å²) in [5.74, 6) is 12.4. The Hall–Kier alpha value is -1.31. The average molecular weight is 212 g/mol. The molecule has 84 valence electrons. The molecule has 0 aromatic rings. The predicted molar refractivity (Wildman–Crippen MR) is 56.1 cm³/mol. The molecule has 2 aliphatic rings. The van der Waals surface area contributed by atoms with Crippen LogP contribution in [0.5, 0.6) is 0 Å². The van der Waals surface area contributed by atoms with Crippen LogP contribution in [0.15, 0.2) is 16.9 Å². The van der Waals surface area contributed by atoms with Crippen LogP contribution in [0, 0.1) is 0 Å². The lowest BCUT2D eigenvalue weighted by molar-refractivity contribution is 0.0503. The zero-order chi connectivity index (χ0) is 10.7. The lowest BCUT2D eigenvalue weighted by atomic mass is 10.3. The molecule has 0 bridgehead atoms. The Balaban J connectivity index is 2.05. The Morgan fingerprint density at radius 1 is 1.40 bits per heavy atom. The van der Waals surface area contributed by atoms with Crippen molar-refractivity contribution < 1.29 is 4.74 Å². The van der Waals surface area contributed by atoms with Crippen molar-refractivity contribution in [3.63, 3.8) is 0 Å². The van der Waals surface area contributed by atoms with E-state index in [1.807, 2.05) is 6.08 Å². The van der Waals surface area contributed by atoms with Crippen LogP contribution < -0.4 is 17.0 Å². The molecule has 0 saturated carbocycles. The highest BCUT2D eigenvalue weighted by Gasteiger charge is 2.16. The molecule has 2 aliphatic heterocycles. The van der Waals surface area contributed by atoms with E-state index < -0.39 is 0 Å². The number of nitrogens with one attached hydrogen (secondary N) is 1. The molecule has 2 rings (SSSR count). The van der Waals surface area contributed by atoms with Gasteiger partial charge >= 0.3 is 0 Å². The van der Waals surface area contributed by atoms with Gasteiger partial charge in [0.25, 0.3) is 0 Å². The molecule has 1 fully saturated rings. The SMILES string of the molecule is NN(N)C1=NCNC(N2CCOCC2)=C1. The smallest absolute Gasteiger partial charge is 0.159 e. The molecule has 0 atom stereocenters. The molecule has 0 unspecified atom stereocenters. The second-order valence-corrected chi connectivity index (χ2v) is 3.39. The normalized spacial score (nSPS) is 21.6. The summed E-state index contributed by atoms with van der Waals surface area (Å²) in [6.45, 7) is 3.76. The van der Waals surface area contributed by atoms with Crippen molar-refractivity contribution in [3.8, 4) is 0 Å². The number of ether oxygens (including phenoxy) is 1. The first-order valence-electron chi connectivity index (χ1n) is 4.89. The first kappa shape index (κ1) is 10.2. The van der Waals surface area contributed by atoms with Crippen LogP contribution in [-0.4, -0.2) is 48.8 Å². The third-order valence-electron chi connectivity index (χ3n) is 2.38. The Morgan fingerprint density at radius 2 is 2.13 bits per heavy atom. The van der Waals surface area contributed by atoms with Gasteiger partial charge in [0.15, 0.2) is 5.84 Å². The highest BCUT2D eigenvalue weighted by Crippen LogP contribution is 2.07. The Bertz CT molecular complexity index is 281. The predicted octanol–water partition coefficient (Wildman–Crippen LogP) is -1.83. The van der Waals surface area contributed by atoms with Crippen molar-refractivity contribution >= 4 is 5.84 Å². The Labute approximate surface area is 88.3 Å². The molecule has 7 heteroatoms. The summed E-state index contributed by atoms with van der Waals surface area (Å²) < 4.78 is 5.28. The van der Waals surface area contributed by atoms with Gasteiger partial charge in [0.1, 0.15) is 12.5 Å². The minimum atomic E-state index is 0.503. The van der Waals surface area contributed by atoms with Crippen molar-refractivity contribution in [1.29, 1.82) is 0 Å². The zero-order valence-electron chi connectivity index (χ0n) is 8.52. The first-order chi connectivity index (χ1) is 7.27. The molecule has 0 aliphatic carbocycles. The number of nitrogens with two attached hydrogens (primary N) is 2. The van der Waals surface area contributed by atoms with Crippen molar-refractivity contribution in [3.05, 3.63) is 11.9 Å². The molecule has 0 aromatic heterocycles. The van der Waals surface area contributed by atoms with Crippen LogP contribution in [0.1, 0.15) is 0 Å². The van der Waals surface area contributed by atoms with Crippen LogP contribution >= 0.6 is 0 Å². The van der Waals surface area contributed by atoms with Gasteiger partial charge in [-0.05, 0) is 0 Å². The Morgan fingerprint density at radius 3 is 2.80 bits per heavy atom. The Kier molecular flexibility index (Phi) is 3.05. The van der Waals surface area contributed by atoms with Gasteiger partial charge in [0.05, 0.1) is 13.2 Å². The van der Waals surface area contributed by atoms with Gasteiger partial charge in [-0.3, -0.25) is 0 Å². The number of hydrazine groups is 2. The average Bonchev–Trinajstić information content (AvgIpc) is 2.30. The van der Waals surface area contributed by atoms with Gasteiger partial charge in [0.2, 0.25) is 0 Å². The highest BCUT2D eigenvalue weighted by molar-refractivity contribution is 5.93. The summed E-state index contributed by atoms with van der Waals surface area (Å²) in [5, 5.41) is 4.21. The molecule has 0 spiro atoms. The summed E-state index contributed by atoms with van der Waals surface area (Å²) in [6, 6.07) is 0. The zero-order valence-corrected chi connectivity index (χ0v) is 8.52. The molecule has 2 heterocycles. The minimum Gasteiger partial charge on any atom is -0.378 e. The van der Waals surface area contributed by atoms with Gasteiger partial charge in [0, 0.05) is 19.2 Å². The monoisotopic (exact) mass is 212 g/mol. The molecule has 5 N–H and O–H groups in total. The molecule has 1 saturated heterocycles. The fourth-order valence-electron chi connectivity index (χ4n) is 1.58. The summed E-state index contributed by atoms with van der Waals surface area (Å²) in [5.41, 5.74) is 0. The number of nitrogens with zero attached hydrogens (tertiary/aromatic N) is 3. The van der Waals surface area contributed by atoms with Crippen molar-refractivity contribution in [2.75, 3.05) is 33.0 Å². The van der Waals surface area contributed by atoms with E-state index in [9.17, 15) is 0 Å². The first-order valence-corrected chi connectivity index (χ1v) is 4.89. The van der Waals surface area contributed by atoms with Gasteiger partial charge in [-0.2, -0.15) is 0 Å². The van der Waals surface area contributed by atoms with Crippen molar-refractivity contribution in [2.45, 2.75) is 0 Å². The lowest BCUT2D eigenvalue weighted by Gasteiger charge is -2.33. The number of hydrogen-bond acceptors (Lipinski definition) is 7. The maximum Gasteiger partial charge on any atom is 0.159 e. The highest BCUT2D eigenvalue weighted by atomic mass is 16.5. The van der Waals surface area contributed by atoms with Crippen molar-refractivity contribution in [1.82, 2.24) is 15.3 Å². The van der Waals surface area contributed by atoms with Crippen LogP contribution in [0.2, 0.25) is 0 Å². The van der Waals surface area contributed by atoms with Crippen LogP contribution in [0.3, 0.4) is 0 Å². The van der Waals surface area contributed by atoms with Gasteiger partial charge in [-0.1, -0.05) is 0 Å². The largest absolute Gasteiger partial charge is 0.378 e. The van der Waals surface area contributed by atoms with E-state index in [2.05, 4.69) is 15.2 Å². The van der Waals surface area contributed by atoms with E-state index >= 15 is 0 Å². The molecular formula is C8H16N6O. The van der Waals surface area contributed by atoms with Gasteiger partial charge in [-0.25, -0.2) is 21.8 Å². The number of aliphatic imine (C=N–C) groups is 1. The fraction of sp³-hybridized carbons (Fsp3) is 0.625. The topological polar surface area (TPSA) is 92.1 Å². The van der Waals surface area contributed by atoms with Crippen LogP contribution in [-0.2, 0) is 4.74 Å². The maximum atomic E-state index is 5.42. The van der Waals surface area contributed by atoms with Crippen molar-refractivity contribution in [2.24, 2.45) is 16.7 Å². The molecule has 0 radical (unpaired) electrons. The molecule has 0 amide bonds. The third kappa shape index (κ3) is 2.38. The standard InChI is InChI=1S/C8H16N6O/c9-14(10)8-5-7(11-6-12-8)13-1-3-15-4-2-13/h5,11H,1-4,6,9-10H2.